The Hall–Kier alpha value is -1.36. The summed E-state index contributed by atoms with van der Waals surface area (Å²) in [6.07, 6.45) is 1.54. The third kappa shape index (κ3) is 3.66. The second kappa shape index (κ2) is 6.27. The van der Waals surface area contributed by atoms with Crippen LogP contribution in [0.25, 0.3) is 0 Å². The predicted molar refractivity (Wildman–Crippen MR) is 57.4 cm³/mol. The zero-order valence-corrected chi connectivity index (χ0v) is 9.13. The first kappa shape index (κ1) is 12.7. The average molecular weight is 231 g/mol. The van der Waals surface area contributed by atoms with Gasteiger partial charge in [-0.1, -0.05) is 0 Å². The van der Waals surface area contributed by atoms with Crippen molar-refractivity contribution in [3.63, 3.8) is 0 Å². The number of unbranched alkanes of at least 4 members (excludes halogenated alkanes) is 1. The molecule has 1 rings (SSSR count). The van der Waals surface area contributed by atoms with Crippen LogP contribution < -0.4 is 10.5 Å². The van der Waals surface area contributed by atoms with Gasteiger partial charge in [-0.05, 0) is 12.8 Å². The molecule has 0 atom stereocenters. The highest BCUT2D eigenvalue weighted by molar-refractivity contribution is 5.44. The number of methoxy groups -OCH3 is 1. The summed E-state index contributed by atoms with van der Waals surface area (Å²) in [5.41, 5.74) is 4.98. The van der Waals surface area contributed by atoms with Crippen LogP contribution in [0.4, 0.5) is 14.5 Å². The minimum absolute atomic E-state index is 0.107. The minimum atomic E-state index is -0.673. The first-order valence-corrected chi connectivity index (χ1v) is 5.01. The van der Waals surface area contributed by atoms with Crippen molar-refractivity contribution in [1.29, 1.82) is 0 Å². The van der Waals surface area contributed by atoms with Gasteiger partial charge in [-0.15, -0.1) is 0 Å². The van der Waals surface area contributed by atoms with Gasteiger partial charge in [0.1, 0.15) is 5.82 Å². The molecule has 0 radical (unpaired) electrons. The number of halogens is 2. The highest BCUT2D eigenvalue weighted by Gasteiger charge is 2.08. The van der Waals surface area contributed by atoms with Gasteiger partial charge >= 0.3 is 0 Å². The molecule has 0 aromatic heterocycles. The molecule has 16 heavy (non-hydrogen) atoms. The first-order valence-electron chi connectivity index (χ1n) is 5.01. The van der Waals surface area contributed by atoms with Crippen LogP contribution in [0.5, 0.6) is 5.75 Å². The molecule has 90 valence electrons. The number of nitrogens with two attached hydrogens (primary N) is 1. The molecule has 1 aromatic rings. The normalized spacial score (nSPS) is 10.4. The summed E-state index contributed by atoms with van der Waals surface area (Å²) < 4.78 is 36.1. The molecule has 0 aliphatic rings. The lowest BCUT2D eigenvalue weighted by molar-refractivity contribution is 0.183. The van der Waals surface area contributed by atoms with Crippen molar-refractivity contribution in [3.8, 4) is 5.75 Å². The summed E-state index contributed by atoms with van der Waals surface area (Å²) in [6, 6.07) is 1.88. The third-order valence-electron chi connectivity index (χ3n) is 2.05. The number of nitrogen functional groups attached to an aromatic ring is 1. The van der Waals surface area contributed by atoms with E-state index in [4.69, 9.17) is 15.2 Å². The molecule has 0 heterocycles. The molecular formula is C11H15F2NO2. The molecule has 0 aliphatic carbocycles. The van der Waals surface area contributed by atoms with Crippen LogP contribution in [0.2, 0.25) is 0 Å². The van der Waals surface area contributed by atoms with Crippen LogP contribution in [-0.4, -0.2) is 20.3 Å². The number of benzene rings is 1. The summed E-state index contributed by atoms with van der Waals surface area (Å²) in [5, 5.41) is 0. The van der Waals surface area contributed by atoms with Gasteiger partial charge in [-0.25, -0.2) is 8.78 Å². The van der Waals surface area contributed by atoms with E-state index in [1.54, 1.807) is 7.11 Å². The van der Waals surface area contributed by atoms with Crippen molar-refractivity contribution in [2.24, 2.45) is 0 Å². The molecule has 0 aliphatic heterocycles. The van der Waals surface area contributed by atoms with Crippen LogP contribution in [0.1, 0.15) is 12.8 Å². The fourth-order valence-corrected chi connectivity index (χ4v) is 1.19. The van der Waals surface area contributed by atoms with Crippen molar-refractivity contribution in [1.82, 2.24) is 0 Å². The molecule has 1 aromatic carbocycles. The zero-order chi connectivity index (χ0) is 12.0. The van der Waals surface area contributed by atoms with Crippen LogP contribution in [0, 0.1) is 11.6 Å². The molecule has 0 spiro atoms. The van der Waals surface area contributed by atoms with E-state index >= 15 is 0 Å². The minimum Gasteiger partial charge on any atom is -0.490 e. The number of hydrogen-bond donors (Lipinski definition) is 1. The van der Waals surface area contributed by atoms with E-state index in [0.29, 0.717) is 13.2 Å². The standard InChI is InChI=1S/C11H15F2NO2/c1-15-4-2-3-5-16-11-7-8(12)10(14)6-9(11)13/h6-7H,2-5,14H2,1H3. The van der Waals surface area contributed by atoms with Crippen molar-refractivity contribution in [3.05, 3.63) is 23.8 Å². The molecule has 0 amide bonds. The van der Waals surface area contributed by atoms with Crippen molar-refractivity contribution >= 4 is 5.69 Å². The maximum Gasteiger partial charge on any atom is 0.167 e. The molecule has 3 nitrogen and oxygen atoms in total. The Balaban J connectivity index is 2.45. The smallest absolute Gasteiger partial charge is 0.167 e. The van der Waals surface area contributed by atoms with Gasteiger partial charge in [0.05, 0.1) is 12.3 Å². The van der Waals surface area contributed by atoms with E-state index in [0.717, 1.165) is 25.0 Å². The summed E-state index contributed by atoms with van der Waals surface area (Å²) in [5.74, 6) is -1.43. The van der Waals surface area contributed by atoms with Gasteiger partial charge in [0, 0.05) is 25.8 Å². The number of rotatable bonds is 6. The maximum atomic E-state index is 13.2. The van der Waals surface area contributed by atoms with E-state index in [1.807, 2.05) is 0 Å². The molecule has 0 bridgehead atoms. The number of hydrogen-bond acceptors (Lipinski definition) is 3. The topological polar surface area (TPSA) is 44.5 Å². The summed E-state index contributed by atoms with van der Waals surface area (Å²) in [6.45, 7) is 0.950. The van der Waals surface area contributed by atoms with Crippen LogP contribution in [-0.2, 0) is 4.74 Å². The Bertz CT molecular complexity index is 345. The Kier molecular flexibility index (Phi) is 4.98. The van der Waals surface area contributed by atoms with E-state index in [2.05, 4.69) is 0 Å². The third-order valence-corrected chi connectivity index (χ3v) is 2.05. The lowest BCUT2D eigenvalue weighted by Crippen LogP contribution is -2.02. The second-order valence-corrected chi connectivity index (χ2v) is 3.35. The molecule has 0 saturated heterocycles. The lowest BCUT2D eigenvalue weighted by atomic mass is 10.3. The average Bonchev–Trinajstić information content (AvgIpc) is 2.25. The van der Waals surface area contributed by atoms with Gasteiger partial charge < -0.3 is 15.2 Å². The Morgan fingerprint density at radius 2 is 1.81 bits per heavy atom. The molecule has 0 saturated carbocycles. The Morgan fingerprint density at radius 1 is 1.12 bits per heavy atom. The van der Waals surface area contributed by atoms with E-state index < -0.39 is 11.6 Å². The summed E-state index contributed by atoms with van der Waals surface area (Å²) >= 11 is 0. The highest BCUT2D eigenvalue weighted by atomic mass is 19.1. The highest BCUT2D eigenvalue weighted by Crippen LogP contribution is 2.22. The molecule has 0 unspecified atom stereocenters. The second-order valence-electron chi connectivity index (χ2n) is 3.35. The fourth-order valence-electron chi connectivity index (χ4n) is 1.19. The largest absolute Gasteiger partial charge is 0.490 e. The molecule has 5 heteroatoms. The molecule has 0 fully saturated rings. The summed E-state index contributed by atoms with van der Waals surface area (Å²) in [4.78, 5) is 0. The van der Waals surface area contributed by atoms with Gasteiger partial charge in [-0.3, -0.25) is 0 Å². The Labute approximate surface area is 93.2 Å². The van der Waals surface area contributed by atoms with Crippen LogP contribution in [0.3, 0.4) is 0 Å². The quantitative estimate of drug-likeness (QED) is 0.603. The molecular weight excluding hydrogens is 216 g/mol. The van der Waals surface area contributed by atoms with Gasteiger partial charge in [0.2, 0.25) is 0 Å². The van der Waals surface area contributed by atoms with Gasteiger partial charge in [0.25, 0.3) is 0 Å². The van der Waals surface area contributed by atoms with E-state index in [-0.39, 0.29) is 11.4 Å². The zero-order valence-electron chi connectivity index (χ0n) is 9.13. The van der Waals surface area contributed by atoms with E-state index in [1.165, 1.54) is 0 Å². The molecule has 2 N–H and O–H groups in total. The fraction of sp³-hybridized carbons (Fsp3) is 0.455. The van der Waals surface area contributed by atoms with Crippen molar-refractivity contribution < 1.29 is 18.3 Å². The lowest BCUT2D eigenvalue weighted by Gasteiger charge is -2.08. The monoisotopic (exact) mass is 231 g/mol. The van der Waals surface area contributed by atoms with Gasteiger partial charge in [0.15, 0.2) is 11.6 Å². The van der Waals surface area contributed by atoms with Crippen LogP contribution in [0.15, 0.2) is 12.1 Å². The number of ether oxygens (including phenoxy) is 2. The van der Waals surface area contributed by atoms with Crippen molar-refractivity contribution in [2.75, 3.05) is 26.1 Å². The first-order chi connectivity index (χ1) is 7.65. The summed E-state index contributed by atoms with van der Waals surface area (Å²) in [7, 11) is 1.61. The van der Waals surface area contributed by atoms with Crippen molar-refractivity contribution in [2.45, 2.75) is 12.8 Å². The van der Waals surface area contributed by atoms with E-state index in [9.17, 15) is 8.78 Å². The predicted octanol–water partition coefficient (Wildman–Crippen LogP) is 2.35. The maximum absolute atomic E-state index is 13.2. The number of anilines is 1. The SMILES string of the molecule is COCCCCOc1cc(F)c(N)cc1F. The van der Waals surface area contributed by atoms with Crippen LogP contribution >= 0.6 is 0 Å². The van der Waals surface area contributed by atoms with Gasteiger partial charge in [-0.2, -0.15) is 0 Å². The Morgan fingerprint density at radius 3 is 2.50 bits per heavy atom.